The van der Waals surface area contributed by atoms with Gasteiger partial charge in [0.25, 0.3) is 5.91 Å². The Morgan fingerprint density at radius 2 is 2.08 bits per heavy atom. The van der Waals surface area contributed by atoms with Crippen molar-refractivity contribution in [3.8, 4) is 5.75 Å². The molecule has 0 bridgehead atoms. The number of hydrogen-bond acceptors (Lipinski definition) is 5. The minimum absolute atomic E-state index is 0.0281. The van der Waals surface area contributed by atoms with Crippen molar-refractivity contribution in [2.24, 2.45) is 4.99 Å². The van der Waals surface area contributed by atoms with Crippen LogP contribution in [0.1, 0.15) is 24.8 Å². The molecule has 0 aliphatic carbocycles. The van der Waals surface area contributed by atoms with E-state index >= 15 is 0 Å². The van der Waals surface area contributed by atoms with Gasteiger partial charge < -0.3 is 9.47 Å². The number of amides is 1. The molecule has 1 amide bonds. The van der Waals surface area contributed by atoms with Gasteiger partial charge in [-0.1, -0.05) is 27.7 Å². The maximum atomic E-state index is 13.2. The first-order chi connectivity index (χ1) is 11.5. The van der Waals surface area contributed by atoms with Gasteiger partial charge >= 0.3 is 0 Å². The molecule has 3 aliphatic rings. The van der Waals surface area contributed by atoms with Gasteiger partial charge in [-0.15, -0.1) is 0 Å². The average Bonchev–Trinajstić information content (AvgIpc) is 2.82. The van der Waals surface area contributed by atoms with Crippen molar-refractivity contribution >= 4 is 38.8 Å². The molecule has 1 fully saturated rings. The van der Waals surface area contributed by atoms with Crippen molar-refractivity contribution < 1.29 is 14.3 Å². The number of nitrogens with zero attached hydrogens (tertiary/aromatic N) is 2. The summed E-state index contributed by atoms with van der Waals surface area (Å²) >= 11 is 5.03. The van der Waals surface area contributed by atoms with Crippen LogP contribution in [0.2, 0.25) is 0 Å². The Bertz CT molecular complexity index is 733. The van der Waals surface area contributed by atoms with E-state index in [1.165, 1.54) is 11.8 Å². The Kier molecular flexibility index (Phi) is 3.93. The Balaban J connectivity index is 1.90. The van der Waals surface area contributed by atoms with Crippen molar-refractivity contribution in [2.75, 3.05) is 26.5 Å². The van der Waals surface area contributed by atoms with Crippen molar-refractivity contribution in [1.29, 1.82) is 0 Å². The van der Waals surface area contributed by atoms with Gasteiger partial charge in [0, 0.05) is 36.3 Å². The maximum Gasteiger partial charge on any atom is 0.261 e. The summed E-state index contributed by atoms with van der Waals surface area (Å²) in [6, 6.07) is 5.87. The zero-order chi connectivity index (χ0) is 16.9. The average molecular weight is 411 g/mol. The van der Waals surface area contributed by atoms with Crippen LogP contribution in [-0.2, 0) is 15.1 Å². The molecule has 1 aromatic carbocycles. The predicted octanol–water partition coefficient (Wildman–Crippen LogP) is 3.17. The minimum atomic E-state index is -0.887. The number of fused-ring (bicyclic) bond motifs is 2. The number of aliphatic imine (C=N–C) groups is 1. The summed E-state index contributed by atoms with van der Waals surface area (Å²) in [6.45, 7) is 1.32. The molecule has 0 radical (unpaired) electrons. The van der Waals surface area contributed by atoms with E-state index < -0.39 is 5.54 Å². The molecule has 3 heterocycles. The van der Waals surface area contributed by atoms with Crippen LogP contribution in [0, 0.1) is 0 Å². The first-order valence-corrected chi connectivity index (χ1v) is 10.0. The van der Waals surface area contributed by atoms with Gasteiger partial charge in [0.2, 0.25) is 0 Å². The number of rotatable bonds is 0. The van der Waals surface area contributed by atoms with Crippen molar-refractivity contribution in [3.63, 3.8) is 0 Å². The Morgan fingerprint density at radius 1 is 1.33 bits per heavy atom. The molecule has 7 heteroatoms. The second-order valence-electron chi connectivity index (χ2n) is 6.54. The van der Waals surface area contributed by atoms with Gasteiger partial charge in [-0.05, 0) is 24.5 Å². The number of likely N-dealkylation sites (N-methyl/N-ethyl adjacent to an activating group) is 1. The van der Waals surface area contributed by atoms with E-state index in [1.54, 1.807) is 11.9 Å². The van der Waals surface area contributed by atoms with E-state index in [0.29, 0.717) is 19.6 Å². The molecule has 0 aromatic heterocycles. The third kappa shape index (κ3) is 2.32. The van der Waals surface area contributed by atoms with Crippen LogP contribution in [0.3, 0.4) is 0 Å². The molecule has 0 N–H and O–H groups in total. The van der Waals surface area contributed by atoms with E-state index in [9.17, 15) is 4.79 Å². The highest BCUT2D eigenvalue weighted by molar-refractivity contribution is 9.10. The summed E-state index contributed by atoms with van der Waals surface area (Å²) in [7, 11) is 1.80. The molecular weight excluding hydrogens is 392 g/mol. The van der Waals surface area contributed by atoms with Crippen LogP contribution in [0.5, 0.6) is 5.75 Å². The lowest BCUT2D eigenvalue weighted by Gasteiger charge is -2.46. The molecule has 2 spiro atoms. The lowest BCUT2D eigenvalue weighted by Crippen LogP contribution is -2.53. The zero-order valence-corrected chi connectivity index (χ0v) is 16.1. The molecular formula is C17H19BrN2O3S. The van der Waals surface area contributed by atoms with Crippen LogP contribution in [0.15, 0.2) is 27.7 Å². The van der Waals surface area contributed by atoms with Crippen LogP contribution in [-0.4, -0.2) is 48.1 Å². The number of amidine groups is 1. The van der Waals surface area contributed by atoms with Crippen LogP contribution in [0.4, 0.5) is 0 Å². The molecule has 5 nitrogen and oxygen atoms in total. The molecule has 4 rings (SSSR count). The third-order valence-corrected chi connectivity index (χ3v) is 6.33. The number of hydrogen-bond donors (Lipinski definition) is 0. The van der Waals surface area contributed by atoms with Crippen molar-refractivity contribution in [2.45, 2.75) is 30.4 Å². The summed E-state index contributed by atoms with van der Waals surface area (Å²) in [5.74, 6) is 0.791. The summed E-state index contributed by atoms with van der Waals surface area (Å²) in [4.78, 5) is 19.8. The number of benzene rings is 1. The Hall–Kier alpha value is -1.05. The fraction of sp³-hybridized carbons (Fsp3) is 0.529. The lowest BCUT2D eigenvalue weighted by molar-refractivity contribution is -0.137. The predicted molar refractivity (Wildman–Crippen MR) is 97.6 cm³/mol. The summed E-state index contributed by atoms with van der Waals surface area (Å²) in [5, 5.41) is 0.759. The second-order valence-corrected chi connectivity index (χ2v) is 8.23. The van der Waals surface area contributed by atoms with Crippen molar-refractivity contribution in [3.05, 3.63) is 28.2 Å². The van der Waals surface area contributed by atoms with E-state index in [-0.39, 0.29) is 11.5 Å². The normalized spacial score (nSPS) is 28.0. The molecule has 1 unspecified atom stereocenters. The van der Waals surface area contributed by atoms with Gasteiger partial charge in [-0.2, -0.15) is 0 Å². The van der Waals surface area contributed by atoms with Crippen molar-refractivity contribution in [1.82, 2.24) is 4.90 Å². The number of thioether (sulfide) groups is 1. The molecule has 1 saturated heterocycles. The highest BCUT2D eigenvalue weighted by atomic mass is 79.9. The SMILES string of the molecule is CSC1=NC2(CC3(CCOCC3)Oc3ccc(Br)cc32)C(=O)N1C. The number of halogens is 1. The quantitative estimate of drug-likeness (QED) is 0.658. The highest BCUT2D eigenvalue weighted by Gasteiger charge is 2.58. The topological polar surface area (TPSA) is 51.1 Å². The first kappa shape index (κ1) is 16.4. The van der Waals surface area contributed by atoms with Crippen LogP contribution in [0.25, 0.3) is 0 Å². The maximum absolute atomic E-state index is 13.2. The Morgan fingerprint density at radius 3 is 2.75 bits per heavy atom. The minimum Gasteiger partial charge on any atom is -0.487 e. The van der Waals surface area contributed by atoms with Crippen LogP contribution < -0.4 is 4.74 Å². The van der Waals surface area contributed by atoms with Crippen LogP contribution >= 0.6 is 27.7 Å². The fourth-order valence-electron chi connectivity index (χ4n) is 3.89. The molecule has 0 saturated carbocycles. The third-order valence-electron chi connectivity index (χ3n) is 5.11. The number of ether oxygens (including phenoxy) is 2. The summed E-state index contributed by atoms with van der Waals surface area (Å²) < 4.78 is 12.9. The first-order valence-electron chi connectivity index (χ1n) is 7.98. The monoisotopic (exact) mass is 410 g/mol. The summed E-state index contributed by atoms with van der Waals surface area (Å²) in [6.07, 6.45) is 4.09. The lowest BCUT2D eigenvalue weighted by atomic mass is 9.73. The standard InChI is InChI=1S/C17H19BrN2O3S/c1-20-14(21)17(19-15(20)24-2)10-16(5-7-22-8-6-16)23-13-4-3-11(18)9-12(13)17/h3-4,9H,5-8,10H2,1-2H3. The van der Waals surface area contributed by atoms with E-state index in [0.717, 1.165) is 33.8 Å². The van der Waals surface area contributed by atoms with E-state index in [2.05, 4.69) is 15.9 Å². The molecule has 1 atom stereocenters. The smallest absolute Gasteiger partial charge is 0.261 e. The van der Waals surface area contributed by atoms with Gasteiger partial charge in [0.1, 0.15) is 11.4 Å². The molecule has 3 aliphatic heterocycles. The van der Waals surface area contributed by atoms with Gasteiger partial charge in [-0.25, -0.2) is 4.99 Å². The highest BCUT2D eigenvalue weighted by Crippen LogP contribution is 2.52. The Labute approximate surface area is 153 Å². The van der Waals surface area contributed by atoms with E-state index in [4.69, 9.17) is 14.5 Å². The zero-order valence-electron chi connectivity index (χ0n) is 13.7. The molecule has 128 valence electrons. The second kappa shape index (κ2) is 5.75. The van der Waals surface area contributed by atoms with Gasteiger partial charge in [0.15, 0.2) is 10.7 Å². The molecule has 24 heavy (non-hydrogen) atoms. The molecule has 1 aromatic rings. The fourth-order valence-corrected chi connectivity index (χ4v) is 4.86. The number of carbonyl (C=O) groups excluding carboxylic acids is 1. The van der Waals surface area contributed by atoms with Gasteiger partial charge in [0.05, 0.1) is 13.2 Å². The largest absolute Gasteiger partial charge is 0.487 e. The van der Waals surface area contributed by atoms with Gasteiger partial charge in [-0.3, -0.25) is 9.69 Å². The number of carbonyl (C=O) groups is 1. The van der Waals surface area contributed by atoms with E-state index in [1.807, 2.05) is 24.5 Å². The summed E-state index contributed by atoms with van der Waals surface area (Å²) in [5.41, 5.74) is -0.413.